The third-order valence-corrected chi connectivity index (χ3v) is 7.71. The molecule has 1 N–H and O–H groups in total. The molecule has 9 heteroatoms. The molecule has 172 valence electrons. The molecule has 6 nitrogen and oxygen atoms in total. The molecule has 0 aliphatic heterocycles. The van der Waals surface area contributed by atoms with Crippen molar-refractivity contribution in [3.05, 3.63) is 102 Å². The molecule has 0 aliphatic carbocycles. The third kappa shape index (κ3) is 8.02. The van der Waals surface area contributed by atoms with E-state index in [9.17, 15) is 4.79 Å². The predicted molar refractivity (Wildman–Crippen MR) is 140 cm³/mol. The molecular formula is C25H22N4O2S3. The summed E-state index contributed by atoms with van der Waals surface area (Å²) in [7, 11) is 0. The summed E-state index contributed by atoms with van der Waals surface area (Å²) in [5, 5.41) is 12.4. The number of ether oxygens (including phenoxy) is 1. The minimum absolute atomic E-state index is 0.197. The van der Waals surface area contributed by atoms with Crippen LogP contribution in [-0.4, -0.2) is 28.1 Å². The number of hydrazone groups is 1. The van der Waals surface area contributed by atoms with Gasteiger partial charge in [-0.3, -0.25) is 4.79 Å². The number of nitrogens with zero attached hydrogens (tertiary/aromatic N) is 3. The summed E-state index contributed by atoms with van der Waals surface area (Å²) in [4.78, 5) is 12.1. The normalized spacial score (nSPS) is 10.9. The monoisotopic (exact) mass is 506 g/mol. The molecule has 0 unspecified atom stereocenters. The van der Waals surface area contributed by atoms with Crippen molar-refractivity contribution in [3.63, 3.8) is 0 Å². The lowest BCUT2D eigenvalue weighted by Gasteiger charge is -2.06. The highest BCUT2D eigenvalue weighted by atomic mass is 32.2. The number of amides is 1. The van der Waals surface area contributed by atoms with Crippen LogP contribution in [0, 0.1) is 0 Å². The van der Waals surface area contributed by atoms with E-state index < -0.39 is 0 Å². The molecule has 1 heterocycles. The zero-order chi connectivity index (χ0) is 23.4. The van der Waals surface area contributed by atoms with E-state index in [2.05, 4.69) is 32.9 Å². The van der Waals surface area contributed by atoms with Gasteiger partial charge in [0.15, 0.2) is 8.68 Å². The number of aromatic nitrogens is 2. The second kappa shape index (κ2) is 12.9. The predicted octanol–water partition coefficient (Wildman–Crippen LogP) is 5.65. The van der Waals surface area contributed by atoms with E-state index in [-0.39, 0.29) is 11.7 Å². The Morgan fingerprint density at radius 2 is 1.53 bits per heavy atom. The third-order valence-electron chi connectivity index (χ3n) is 4.45. The number of benzene rings is 3. The van der Waals surface area contributed by atoms with E-state index in [1.54, 1.807) is 18.0 Å². The summed E-state index contributed by atoms with van der Waals surface area (Å²) >= 11 is 4.49. The lowest BCUT2D eigenvalue weighted by molar-refractivity contribution is -0.118. The number of nitrogens with one attached hydrogen (secondary N) is 1. The van der Waals surface area contributed by atoms with Crippen LogP contribution < -0.4 is 10.2 Å². The molecule has 4 aromatic rings. The maximum Gasteiger partial charge on any atom is 0.250 e. The van der Waals surface area contributed by atoms with Gasteiger partial charge in [-0.05, 0) is 41.0 Å². The van der Waals surface area contributed by atoms with Gasteiger partial charge >= 0.3 is 0 Å². The molecule has 0 spiro atoms. The molecule has 0 saturated heterocycles. The van der Waals surface area contributed by atoms with Gasteiger partial charge in [-0.25, -0.2) is 5.43 Å². The number of hydrogen-bond acceptors (Lipinski definition) is 8. The van der Waals surface area contributed by atoms with Gasteiger partial charge in [0.05, 0.1) is 12.0 Å². The fourth-order valence-electron chi connectivity index (χ4n) is 2.76. The van der Waals surface area contributed by atoms with Crippen molar-refractivity contribution in [2.24, 2.45) is 5.10 Å². The molecule has 0 saturated carbocycles. The van der Waals surface area contributed by atoms with Gasteiger partial charge in [0.2, 0.25) is 0 Å². The average Bonchev–Trinajstić information content (AvgIpc) is 3.35. The molecule has 0 fully saturated rings. The summed E-state index contributed by atoms with van der Waals surface area (Å²) in [5.41, 5.74) is 5.77. The second-order valence-electron chi connectivity index (χ2n) is 7.03. The first kappa shape index (κ1) is 24.0. The van der Waals surface area contributed by atoms with Crippen LogP contribution in [0.5, 0.6) is 5.75 Å². The van der Waals surface area contributed by atoms with E-state index in [0.29, 0.717) is 6.61 Å². The number of thioether (sulfide) groups is 2. The zero-order valence-corrected chi connectivity index (χ0v) is 20.6. The van der Waals surface area contributed by atoms with Crippen molar-refractivity contribution in [1.82, 2.24) is 15.6 Å². The smallest absolute Gasteiger partial charge is 0.250 e. The summed E-state index contributed by atoms with van der Waals surface area (Å²) < 4.78 is 7.43. The molecule has 1 aromatic heterocycles. The van der Waals surface area contributed by atoms with Crippen LogP contribution in [0.3, 0.4) is 0 Å². The molecule has 0 radical (unpaired) electrons. The van der Waals surface area contributed by atoms with Crippen LogP contribution in [0.15, 0.2) is 98.7 Å². The van der Waals surface area contributed by atoms with Crippen molar-refractivity contribution in [2.75, 3.05) is 5.75 Å². The SMILES string of the molecule is O=C(CSc1nnc(SCc2ccccc2)s1)NN=Cc1ccc(OCc2ccccc2)cc1. The highest BCUT2D eigenvalue weighted by molar-refractivity contribution is 8.03. The summed E-state index contributed by atoms with van der Waals surface area (Å²) in [6.07, 6.45) is 1.60. The Balaban J connectivity index is 1.15. The highest BCUT2D eigenvalue weighted by Crippen LogP contribution is 2.30. The first-order valence-corrected chi connectivity index (χ1v) is 13.2. The molecule has 0 atom stereocenters. The van der Waals surface area contributed by atoms with Crippen LogP contribution in [-0.2, 0) is 17.2 Å². The Labute approximate surface area is 210 Å². The van der Waals surface area contributed by atoms with Crippen LogP contribution in [0.1, 0.15) is 16.7 Å². The van der Waals surface area contributed by atoms with E-state index >= 15 is 0 Å². The molecule has 1 amide bonds. The minimum Gasteiger partial charge on any atom is -0.489 e. The zero-order valence-electron chi connectivity index (χ0n) is 18.2. The number of carbonyl (C=O) groups excluding carboxylic acids is 1. The topological polar surface area (TPSA) is 76.5 Å². The Morgan fingerprint density at radius 3 is 2.24 bits per heavy atom. The number of carbonyl (C=O) groups is 1. The fraction of sp³-hybridized carbons (Fsp3) is 0.120. The van der Waals surface area contributed by atoms with Gasteiger partial charge in [-0.1, -0.05) is 95.5 Å². The van der Waals surface area contributed by atoms with Crippen molar-refractivity contribution >= 4 is 47.0 Å². The summed E-state index contributed by atoms with van der Waals surface area (Å²) in [6, 6.07) is 27.8. The first-order chi connectivity index (χ1) is 16.7. The maximum absolute atomic E-state index is 12.1. The Hall–Kier alpha value is -3.14. The molecule has 34 heavy (non-hydrogen) atoms. The van der Waals surface area contributed by atoms with Crippen molar-refractivity contribution < 1.29 is 9.53 Å². The second-order valence-corrected chi connectivity index (χ2v) is 10.5. The van der Waals surface area contributed by atoms with Gasteiger partial charge in [0, 0.05) is 5.75 Å². The van der Waals surface area contributed by atoms with Crippen molar-refractivity contribution in [3.8, 4) is 5.75 Å². The van der Waals surface area contributed by atoms with Gasteiger partial charge in [0.25, 0.3) is 5.91 Å². The summed E-state index contributed by atoms with van der Waals surface area (Å²) in [6.45, 7) is 0.518. The van der Waals surface area contributed by atoms with Gasteiger partial charge in [-0.15, -0.1) is 10.2 Å². The first-order valence-electron chi connectivity index (χ1n) is 10.5. The van der Waals surface area contributed by atoms with Gasteiger partial charge in [0.1, 0.15) is 12.4 Å². The van der Waals surface area contributed by atoms with E-state index in [4.69, 9.17) is 4.74 Å². The van der Waals surface area contributed by atoms with Crippen LogP contribution in [0.2, 0.25) is 0 Å². The molecule has 0 aliphatic rings. The molecular weight excluding hydrogens is 485 g/mol. The average molecular weight is 507 g/mol. The van der Waals surface area contributed by atoms with E-state index in [1.807, 2.05) is 72.8 Å². The highest BCUT2D eigenvalue weighted by Gasteiger charge is 2.08. The van der Waals surface area contributed by atoms with Gasteiger partial charge in [-0.2, -0.15) is 5.10 Å². The van der Waals surface area contributed by atoms with Crippen molar-refractivity contribution in [2.45, 2.75) is 21.0 Å². The number of hydrogen-bond donors (Lipinski definition) is 1. The molecule has 0 bridgehead atoms. The lowest BCUT2D eigenvalue weighted by atomic mass is 10.2. The fourth-order valence-corrected chi connectivity index (χ4v) is 5.53. The Bertz CT molecular complexity index is 1200. The minimum atomic E-state index is -0.197. The summed E-state index contributed by atoms with van der Waals surface area (Å²) in [5.74, 6) is 1.65. The Kier molecular flexibility index (Phi) is 9.13. The maximum atomic E-state index is 12.1. The van der Waals surface area contributed by atoms with Crippen LogP contribution in [0.25, 0.3) is 0 Å². The van der Waals surface area contributed by atoms with Crippen LogP contribution >= 0.6 is 34.9 Å². The van der Waals surface area contributed by atoms with E-state index in [1.165, 1.54) is 28.7 Å². The van der Waals surface area contributed by atoms with E-state index in [0.717, 1.165) is 31.3 Å². The van der Waals surface area contributed by atoms with Crippen molar-refractivity contribution in [1.29, 1.82) is 0 Å². The molecule has 3 aromatic carbocycles. The standard InChI is InChI=1S/C25H22N4O2S3/c30-23(18-33-25-29-28-24(34-25)32-17-21-9-5-2-6-10-21)27-26-15-19-11-13-22(14-12-19)31-16-20-7-3-1-4-8-20/h1-15H,16-18H2,(H,27,30). The quantitative estimate of drug-likeness (QED) is 0.161. The lowest BCUT2D eigenvalue weighted by Crippen LogP contribution is -2.19. The molecule has 4 rings (SSSR count). The van der Waals surface area contributed by atoms with Gasteiger partial charge < -0.3 is 4.74 Å². The van der Waals surface area contributed by atoms with Crippen LogP contribution in [0.4, 0.5) is 0 Å². The largest absolute Gasteiger partial charge is 0.489 e. The number of rotatable bonds is 11. The Morgan fingerprint density at radius 1 is 0.882 bits per heavy atom.